The van der Waals surface area contributed by atoms with Gasteiger partial charge in [0.1, 0.15) is 6.54 Å². The van der Waals surface area contributed by atoms with E-state index >= 15 is 0 Å². The van der Waals surface area contributed by atoms with Crippen molar-refractivity contribution in [3.63, 3.8) is 0 Å². The SMILES string of the molecule is Cl.Cn1c(=O)n(CC(=O)c2ccccc2)c(=O)c2c1nc(N1CCC3CNC=C31)n2CC(=O)N1CCCCC1. The van der Waals surface area contributed by atoms with Crippen LogP contribution in [-0.4, -0.2) is 61.5 Å². The van der Waals surface area contributed by atoms with Crippen LogP contribution in [-0.2, 0) is 24.9 Å². The van der Waals surface area contributed by atoms with Crippen molar-refractivity contribution >= 4 is 41.2 Å². The highest BCUT2D eigenvalue weighted by Crippen LogP contribution is 2.35. The number of nitrogens with one attached hydrogen (secondary N) is 1. The lowest BCUT2D eigenvalue weighted by Crippen LogP contribution is -2.42. The van der Waals surface area contributed by atoms with E-state index in [-0.39, 0.29) is 41.8 Å². The van der Waals surface area contributed by atoms with Crippen molar-refractivity contribution in [2.24, 2.45) is 13.0 Å². The summed E-state index contributed by atoms with van der Waals surface area (Å²) in [4.78, 5) is 62.2. The minimum Gasteiger partial charge on any atom is -0.389 e. The summed E-state index contributed by atoms with van der Waals surface area (Å²) in [7, 11) is 1.55. The molecule has 0 bridgehead atoms. The quantitative estimate of drug-likeness (QED) is 0.460. The van der Waals surface area contributed by atoms with Crippen LogP contribution in [0.5, 0.6) is 0 Å². The number of imidazole rings is 1. The van der Waals surface area contributed by atoms with Gasteiger partial charge in [-0.3, -0.25) is 28.1 Å². The lowest BCUT2D eigenvalue weighted by atomic mass is 10.1. The molecule has 11 nitrogen and oxygen atoms in total. The third-order valence-electron chi connectivity index (χ3n) is 7.90. The zero-order valence-corrected chi connectivity index (χ0v) is 22.7. The summed E-state index contributed by atoms with van der Waals surface area (Å²) in [6.45, 7) is 2.46. The van der Waals surface area contributed by atoms with Crippen molar-refractivity contribution in [2.75, 3.05) is 31.1 Å². The first kappa shape index (κ1) is 26.7. The Morgan fingerprint density at radius 3 is 2.49 bits per heavy atom. The first-order valence-electron chi connectivity index (χ1n) is 13.2. The molecule has 2 saturated heterocycles. The van der Waals surface area contributed by atoms with Crippen molar-refractivity contribution in [2.45, 2.75) is 38.8 Å². The molecule has 1 unspecified atom stereocenters. The van der Waals surface area contributed by atoms with E-state index in [0.717, 1.165) is 42.5 Å². The molecule has 3 aromatic rings. The number of ketones is 1. The number of likely N-dealkylation sites (tertiary alicyclic amines) is 1. The molecule has 0 radical (unpaired) electrons. The van der Waals surface area contributed by atoms with Crippen LogP contribution in [0.3, 0.4) is 0 Å². The number of benzene rings is 1. The highest BCUT2D eigenvalue weighted by atomic mass is 35.5. The average Bonchev–Trinajstić information content (AvgIpc) is 3.66. The maximum absolute atomic E-state index is 13.9. The van der Waals surface area contributed by atoms with Gasteiger partial charge >= 0.3 is 5.69 Å². The number of Topliss-reactive ketones (excluding diaryl/α,β-unsaturated/α-hetero) is 1. The summed E-state index contributed by atoms with van der Waals surface area (Å²) in [6, 6.07) is 8.58. The van der Waals surface area contributed by atoms with E-state index in [4.69, 9.17) is 4.98 Å². The van der Waals surface area contributed by atoms with Gasteiger partial charge in [-0.15, -0.1) is 12.4 Å². The second-order valence-corrected chi connectivity index (χ2v) is 10.2. The van der Waals surface area contributed by atoms with E-state index in [1.54, 1.807) is 41.9 Å². The fraction of sp³-hybridized carbons (Fsp3) is 0.444. The van der Waals surface area contributed by atoms with Crippen LogP contribution >= 0.6 is 12.4 Å². The second kappa shape index (κ2) is 10.7. The predicted molar refractivity (Wildman–Crippen MR) is 149 cm³/mol. The number of piperidine rings is 1. The van der Waals surface area contributed by atoms with Crippen molar-refractivity contribution in [1.82, 2.24) is 28.9 Å². The first-order chi connectivity index (χ1) is 18.4. The summed E-state index contributed by atoms with van der Waals surface area (Å²) in [6.07, 6.45) is 5.90. The van der Waals surface area contributed by atoms with Crippen LogP contribution in [0.15, 0.2) is 51.8 Å². The number of halogens is 1. The summed E-state index contributed by atoms with van der Waals surface area (Å²) in [5.74, 6) is 0.385. The van der Waals surface area contributed by atoms with E-state index in [0.29, 0.717) is 37.1 Å². The number of hydrogen-bond acceptors (Lipinski definition) is 7. The van der Waals surface area contributed by atoms with Crippen molar-refractivity contribution in [1.29, 1.82) is 0 Å². The number of fused-ring (bicyclic) bond motifs is 2. The molecule has 3 aliphatic heterocycles. The molecule has 1 N–H and O–H groups in total. The zero-order valence-electron chi connectivity index (χ0n) is 21.8. The Balaban J connectivity index is 0.00000308. The Morgan fingerprint density at radius 2 is 1.74 bits per heavy atom. The molecule has 2 aromatic heterocycles. The molecule has 6 rings (SSSR count). The van der Waals surface area contributed by atoms with Gasteiger partial charge < -0.3 is 15.1 Å². The summed E-state index contributed by atoms with van der Waals surface area (Å²) in [5.41, 5.74) is 0.609. The fourth-order valence-electron chi connectivity index (χ4n) is 5.80. The van der Waals surface area contributed by atoms with Gasteiger partial charge in [0.25, 0.3) is 5.56 Å². The number of hydrogen-bond donors (Lipinski definition) is 1. The normalized spacial score (nSPS) is 18.5. The average molecular weight is 554 g/mol. The first-order valence-corrected chi connectivity index (χ1v) is 13.2. The van der Waals surface area contributed by atoms with Gasteiger partial charge in [-0.25, -0.2) is 4.79 Å². The van der Waals surface area contributed by atoms with Gasteiger partial charge in [-0.1, -0.05) is 30.3 Å². The molecule has 39 heavy (non-hydrogen) atoms. The number of carbonyl (C=O) groups is 2. The van der Waals surface area contributed by atoms with Crippen LogP contribution in [0.1, 0.15) is 36.0 Å². The van der Waals surface area contributed by atoms with E-state index in [9.17, 15) is 19.2 Å². The number of rotatable bonds is 6. The third-order valence-corrected chi connectivity index (χ3v) is 7.90. The molecular formula is C27H32ClN7O4. The van der Waals surface area contributed by atoms with E-state index in [1.807, 2.05) is 16.0 Å². The lowest BCUT2D eigenvalue weighted by molar-refractivity contribution is -0.132. The highest BCUT2D eigenvalue weighted by Gasteiger charge is 2.36. The largest absolute Gasteiger partial charge is 0.389 e. The fourth-order valence-corrected chi connectivity index (χ4v) is 5.80. The van der Waals surface area contributed by atoms with Gasteiger partial charge in [0.05, 0.1) is 6.54 Å². The number of anilines is 1. The highest BCUT2D eigenvalue weighted by molar-refractivity contribution is 5.96. The van der Waals surface area contributed by atoms with Crippen LogP contribution in [0.25, 0.3) is 11.2 Å². The summed E-state index contributed by atoms with van der Waals surface area (Å²) in [5, 5.41) is 3.27. The third kappa shape index (κ3) is 4.64. The standard InChI is InChI=1S/C27H31N7O4.ClH/c1-30-24-23(25(37)34(27(30)38)16-21(35)18-8-4-2-5-9-18)33(17-22(36)31-11-6-3-7-12-31)26(29-24)32-13-10-19-14-28-15-20(19)32;/h2,4-5,8-9,15,19,28H,3,6-7,10-14,16-17H2,1H3;1H. The topological polar surface area (TPSA) is 114 Å². The zero-order chi connectivity index (χ0) is 26.4. The molecular weight excluding hydrogens is 522 g/mol. The molecule has 0 spiro atoms. The Bertz CT molecular complexity index is 1570. The minimum atomic E-state index is -0.619. The van der Waals surface area contributed by atoms with Crippen molar-refractivity contribution < 1.29 is 9.59 Å². The molecule has 1 amide bonds. The van der Waals surface area contributed by atoms with Crippen LogP contribution < -0.4 is 21.5 Å². The Labute approximate surface area is 231 Å². The molecule has 0 saturated carbocycles. The molecule has 2 fully saturated rings. The van der Waals surface area contributed by atoms with Gasteiger partial charge in [0.15, 0.2) is 16.9 Å². The minimum absolute atomic E-state index is 0. The van der Waals surface area contributed by atoms with Crippen LogP contribution in [0.2, 0.25) is 0 Å². The molecule has 12 heteroatoms. The van der Waals surface area contributed by atoms with E-state index in [1.165, 1.54) is 4.57 Å². The number of nitrogens with zero attached hydrogens (tertiary/aromatic N) is 6. The lowest BCUT2D eigenvalue weighted by Gasteiger charge is -2.28. The van der Waals surface area contributed by atoms with Crippen LogP contribution in [0, 0.1) is 5.92 Å². The molecule has 0 aliphatic carbocycles. The van der Waals surface area contributed by atoms with Gasteiger partial charge in [-0.2, -0.15) is 4.98 Å². The van der Waals surface area contributed by atoms with Gasteiger partial charge in [-0.05, 0) is 25.7 Å². The molecule has 206 valence electrons. The van der Waals surface area contributed by atoms with Crippen molar-refractivity contribution in [3.05, 3.63) is 68.6 Å². The van der Waals surface area contributed by atoms with Crippen molar-refractivity contribution in [3.8, 4) is 0 Å². The maximum Gasteiger partial charge on any atom is 0.332 e. The summed E-state index contributed by atoms with van der Waals surface area (Å²) >= 11 is 0. The molecule has 1 aromatic carbocycles. The molecule has 1 atom stereocenters. The Kier molecular flexibility index (Phi) is 7.35. The number of aryl methyl sites for hydroxylation is 1. The van der Waals surface area contributed by atoms with Crippen LogP contribution in [0.4, 0.5) is 5.95 Å². The smallest absolute Gasteiger partial charge is 0.332 e. The molecule has 3 aliphatic rings. The summed E-state index contributed by atoms with van der Waals surface area (Å²) < 4.78 is 3.91. The Hall–Kier alpha value is -3.86. The number of aromatic nitrogens is 4. The second-order valence-electron chi connectivity index (χ2n) is 10.2. The number of amides is 1. The maximum atomic E-state index is 13.9. The predicted octanol–water partition coefficient (Wildman–Crippen LogP) is 1.48. The van der Waals surface area contributed by atoms with E-state index in [2.05, 4.69) is 5.32 Å². The molecule has 5 heterocycles. The number of carbonyl (C=O) groups excluding carboxylic acids is 2. The monoisotopic (exact) mass is 553 g/mol. The Morgan fingerprint density at radius 1 is 1.00 bits per heavy atom. The van der Waals surface area contributed by atoms with Gasteiger partial charge in [0, 0.05) is 56.6 Å². The van der Waals surface area contributed by atoms with Gasteiger partial charge in [0.2, 0.25) is 11.9 Å². The van der Waals surface area contributed by atoms with E-state index < -0.39 is 17.8 Å².